The molecule has 0 aromatic heterocycles. The molecule has 0 aliphatic heterocycles. The van der Waals surface area contributed by atoms with Crippen LogP contribution in [0, 0.1) is 5.92 Å². The maximum Gasteiger partial charge on any atom is 0.230 e. The van der Waals surface area contributed by atoms with Crippen molar-refractivity contribution in [3.8, 4) is 5.75 Å². The van der Waals surface area contributed by atoms with Crippen LogP contribution in [0.25, 0.3) is 0 Å². The second-order valence-corrected chi connectivity index (χ2v) is 7.74. The lowest BCUT2D eigenvalue weighted by atomic mass is 9.87. The van der Waals surface area contributed by atoms with E-state index in [1.54, 1.807) is 0 Å². The highest BCUT2D eigenvalue weighted by atomic mass is 32.1. The SMILES string of the molecule is O=C(Cc1ccccc1)NC(=S)Nc1ccc(OCCC2CCCCC2)cc1. The Morgan fingerprint density at radius 1 is 1.00 bits per heavy atom. The van der Waals surface area contributed by atoms with Crippen molar-refractivity contribution in [2.75, 3.05) is 11.9 Å². The largest absolute Gasteiger partial charge is 0.494 e. The molecule has 0 radical (unpaired) electrons. The molecule has 0 bridgehead atoms. The molecular weight excluding hydrogens is 368 g/mol. The summed E-state index contributed by atoms with van der Waals surface area (Å²) in [5.74, 6) is 1.55. The summed E-state index contributed by atoms with van der Waals surface area (Å²) in [6.07, 6.45) is 8.26. The molecule has 2 aromatic carbocycles. The van der Waals surface area contributed by atoms with Crippen molar-refractivity contribution in [2.24, 2.45) is 5.92 Å². The summed E-state index contributed by atoms with van der Waals surface area (Å²) >= 11 is 5.23. The number of ether oxygens (including phenoxy) is 1. The molecular formula is C23H28N2O2S. The van der Waals surface area contributed by atoms with Crippen LogP contribution in [0.1, 0.15) is 44.1 Å². The van der Waals surface area contributed by atoms with Crippen molar-refractivity contribution in [3.05, 3.63) is 60.2 Å². The summed E-state index contributed by atoms with van der Waals surface area (Å²) in [4.78, 5) is 12.1. The Labute approximate surface area is 172 Å². The van der Waals surface area contributed by atoms with Crippen LogP contribution >= 0.6 is 12.2 Å². The zero-order chi connectivity index (χ0) is 19.6. The molecule has 0 spiro atoms. The normalized spacial score (nSPS) is 14.3. The average molecular weight is 397 g/mol. The lowest BCUT2D eigenvalue weighted by Gasteiger charge is -2.21. The minimum absolute atomic E-state index is 0.133. The van der Waals surface area contributed by atoms with Gasteiger partial charge in [0, 0.05) is 5.69 Å². The molecule has 1 aliphatic carbocycles. The first-order chi connectivity index (χ1) is 13.7. The molecule has 4 nitrogen and oxygen atoms in total. The van der Waals surface area contributed by atoms with E-state index in [0.29, 0.717) is 11.5 Å². The van der Waals surface area contributed by atoms with Crippen molar-refractivity contribution in [1.29, 1.82) is 0 Å². The third-order valence-corrected chi connectivity index (χ3v) is 5.30. The van der Waals surface area contributed by atoms with Gasteiger partial charge in [-0.1, -0.05) is 62.4 Å². The van der Waals surface area contributed by atoms with Crippen molar-refractivity contribution in [2.45, 2.75) is 44.9 Å². The molecule has 1 saturated carbocycles. The van der Waals surface area contributed by atoms with Crippen LogP contribution in [-0.4, -0.2) is 17.6 Å². The van der Waals surface area contributed by atoms with Gasteiger partial charge >= 0.3 is 0 Å². The van der Waals surface area contributed by atoms with E-state index in [0.717, 1.165) is 35.9 Å². The van der Waals surface area contributed by atoms with Gasteiger partial charge in [-0.3, -0.25) is 4.79 Å². The number of hydrogen-bond donors (Lipinski definition) is 2. The molecule has 1 amide bonds. The second kappa shape index (κ2) is 10.8. The van der Waals surface area contributed by atoms with Crippen LogP contribution in [0.2, 0.25) is 0 Å². The molecule has 148 valence electrons. The van der Waals surface area contributed by atoms with E-state index < -0.39 is 0 Å². The lowest BCUT2D eigenvalue weighted by Crippen LogP contribution is -2.35. The number of carbonyl (C=O) groups is 1. The third-order valence-electron chi connectivity index (χ3n) is 5.09. The van der Waals surface area contributed by atoms with Crippen LogP contribution < -0.4 is 15.4 Å². The molecule has 0 unspecified atom stereocenters. The standard InChI is InChI=1S/C23H28N2O2S/c26-22(17-19-9-5-2-6-10-19)25-23(28)24-20-11-13-21(14-12-20)27-16-15-18-7-3-1-4-8-18/h2,5-6,9-14,18H,1,3-4,7-8,15-17H2,(H2,24,25,26,28). The second-order valence-electron chi connectivity index (χ2n) is 7.33. The highest BCUT2D eigenvalue weighted by Gasteiger charge is 2.13. The Bertz CT molecular complexity index is 756. The molecule has 0 atom stereocenters. The van der Waals surface area contributed by atoms with Crippen molar-refractivity contribution in [1.82, 2.24) is 5.32 Å². The molecule has 1 aliphatic rings. The van der Waals surface area contributed by atoms with Gasteiger partial charge in [0.05, 0.1) is 13.0 Å². The fourth-order valence-corrected chi connectivity index (χ4v) is 3.80. The van der Waals surface area contributed by atoms with Crippen molar-refractivity contribution in [3.63, 3.8) is 0 Å². The molecule has 5 heteroatoms. The van der Waals surface area contributed by atoms with Crippen LogP contribution in [0.15, 0.2) is 54.6 Å². The summed E-state index contributed by atoms with van der Waals surface area (Å²) in [5.41, 5.74) is 1.78. The van der Waals surface area contributed by atoms with Gasteiger partial charge in [0.15, 0.2) is 5.11 Å². The number of benzene rings is 2. The van der Waals surface area contributed by atoms with Gasteiger partial charge in [-0.15, -0.1) is 0 Å². The predicted molar refractivity (Wildman–Crippen MR) is 118 cm³/mol. The summed E-state index contributed by atoms with van der Waals surface area (Å²) in [7, 11) is 0. The number of amides is 1. The van der Waals surface area contributed by atoms with Crippen molar-refractivity contribution >= 4 is 28.9 Å². The lowest BCUT2D eigenvalue weighted by molar-refractivity contribution is -0.119. The van der Waals surface area contributed by atoms with Gasteiger partial charge in [0.1, 0.15) is 5.75 Å². The summed E-state index contributed by atoms with van der Waals surface area (Å²) in [5, 5.41) is 6.05. The zero-order valence-corrected chi connectivity index (χ0v) is 17.0. The van der Waals surface area contributed by atoms with Gasteiger partial charge in [0.2, 0.25) is 5.91 Å². The molecule has 0 saturated heterocycles. The maximum absolute atomic E-state index is 12.1. The van der Waals surface area contributed by atoms with Crippen LogP contribution in [0.5, 0.6) is 5.75 Å². The van der Waals surface area contributed by atoms with Gasteiger partial charge in [-0.25, -0.2) is 0 Å². The Kier molecular flexibility index (Phi) is 7.85. The van der Waals surface area contributed by atoms with E-state index in [-0.39, 0.29) is 5.91 Å². The zero-order valence-electron chi connectivity index (χ0n) is 16.2. The van der Waals surface area contributed by atoms with E-state index in [1.165, 1.54) is 32.1 Å². The smallest absolute Gasteiger partial charge is 0.230 e. The molecule has 2 N–H and O–H groups in total. The number of carbonyl (C=O) groups excluding carboxylic acids is 1. The van der Waals surface area contributed by atoms with Gasteiger partial charge < -0.3 is 15.4 Å². The van der Waals surface area contributed by atoms with Crippen LogP contribution in [0.4, 0.5) is 5.69 Å². The quantitative estimate of drug-likeness (QED) is 0.640. The highest BCUT2D eigenvalue weighted by Crippen LogP contribution is 2.26. The van der Waals surface area contributed by atoms with Gasteiger partial charge in [-0.05, 0) is 54.4 Å². The Hall–Kier alpha value is -2.40. The Balaban J connectivity index is 1.38. The first-order valence-electron chi connectivity index (χ1n) is 10.1. The van der Waals surface area contributed by atoms with E-state index in [9.17, 15) is 4.79 Å². The molecule has 1 fully saturated rings. The number of rotatable bonds is 7. The maximum atomic E-state index is 12.1. The Morgan fingerprint density at radius 2 is 1.71 bits per heavy atom. The highest BCUT2D eigenvalue weighted by molar-refractivity contribution is 7.80. The summed E-state index contributed by atoms with van der Waals surface area (Å²) in [6.45, 7) is 0.769. The Morgan fingerprint density at radius 3 is 2.43 bits per heavy atom. The monoisotopic (exact) mass is 396 g/mol. The molecule has 28 heavy (non-hydrogen) atoms. The van der Waals surface area contributed by atoms with E-state index >= 15 is 0 Å². The number of thiocarbonyl (C=S) groups is 1. The molecule has 3 rings (SSSR count). The van der Waals surface area contributed by atoms with Gasteiger partial charge in [-0.2, -0.15) is 0 Å². The first kappa shape index (κ1) is 20.3. The average Bonchev–Trinajstić information content (AvgIpc) is 2.71. The van der Waals surface area contributed by atoms with Crippen LogP contribution in [0.3, 0.4) is 0 Å². The number of hydrogen-bond acceptors (Lipinski definition) is 3. The molecule has 2 aromatic rings. The third kappa shape index (κ3) is 6.97. The van der Waals surface area contributed by atoms with E-state index in [4.69, 9.17) is 17.0 Å². The number of nitrogens with one attached hydrogen (secondary N) is 2. The van der Waals surface area contributed by atoms with Gasteiger partial charge in [0.25, 0.3) is 0 Å². The minimum Gasteiger partial charge on any atom is -0.494 e. The van der Waals surface area contributed by atoms with Crippen LogP contribution in [-0.2, 0) is 11.2 Å². The molecule has 0 heterocycles. The topological polar surface area (TPSA) is 50.4 Å². The number of anilines is 1. The summed E-state index contributed by atoms with van der Waals surface area (Å²) in [6, 6.07) is 17.3. The summed E-state index contributed by atoms with van der Waals surface area (Å²) < 4.78 is 5.87. The predicted octanol–water partition coefficient (Wildman–Crippen LogP) is 5.09. The van der Waals surface area contributed by atoms with E-state index in [2.05, 4.69) is 10.6 Å². The first-order valence-corrected chi connectivity index (χ1v) is 10.5. The minimum atomic E-state index is -0.133. The fourth-order valence-electron chi connectivity index (χ4n) is 3.57. The van der Waals surface area contributed by atoms with Crippen molar-refractivity contribution < 1.29 is 9.53 Å². The van der Waals surface area contributed by atoms with E-state index in [1.807, 2.05) is 54.6 Å². The fraction of sp³-hybridized carbons (Fsp3) is 0.391.